The van der Waals surface area contributed by atoms with E-state index in [2.05, 4.69) is 0 Å². The zero-order chi connectivity index (χ0) is 20.3. The fraction of sp³-hybridized carbons (Fsp3) is 0.429. The molecule has 1 saturated heterocycles. The zero-order valence-corrected chi connectivity index (χ0v) is 16.6. The Balaban J connectivity index is 2.11. The fourth-order valence-corrected chi connectivity index (χ4v) is 4.27. The maximum atomic E-state index is 13.2. The first-order valence-electron chi connectivity index (χ1n) is 9.19. The van der Waals surface area contributed by atoms with Gasteiger partial charge in [0.1, 0.15) is 0 Å². The summed E-state index contributed by atoms with van der Waals surface area (Å²) in [6.45, 7) is 0.395. The highest BCUT2D eigenvalue weighted by Gasteiger charge is 2.50. The third-order valence-electron chi connectivity index (χ3n) is 5.40. The van der Waals surface area contributed by atoms with E-state index >= 15 is 0 Å². The zero-order valence-electron chi connectivity index (χ0n) is 15.9. The minimum atomic E-state index is -0.932. The summed E-state index contributed by atoms with van der Waals surface area (Å²) in [5.74, 6) is -1.23. The Morgan fingerprint density at radius 1 is 1.18 bits per heavy atom. The first-order chi connectivity index (χ1) is 13.5. The monoisotopic (exact) mass is 405 g/mol. The molecule has 7 heteroatoms. The van der Waals surface area contributed by atoms with Crippen LogP contribution in [0.1, 0.15) is 18.0 Å². The van der Waals surface area contributed by atoms with E-state index in [4.69, 9.17) is 21.1 Å². The summed E-state index contributed by atoms with van der Waals surface area (Å²) in [7, 11) is 3.07. The lowest BCUT2D eigenvalue weighted by molar-refractivity contribution is -0.158. The van der Waals surface area contributed by atoms with Crippen molar-refractivity contribution in [2.75, 3.05) is 26.6 Å². The number of methoxy groups -OCH3 is 2. The first-order valence-corrected chi connectivity index (χ1v) is 9.73. The summed E-state index contributed by atoms with van der Waals surface area (Å²) >= 11 is 5.87. The Kier molecular flexibility index (Phi) is 6.29. The molecule has 0 saturated carbocycles. The normalized spacial score (nSPS) is 26.1. The molecule has 1 N–H and O–H groups in total. The van der Waals surface area contributed by atoms with Crippen molar-refractivity contribution in [3.63, 3.8) is 0 Å². The van der Waals surface area contributed by atoms with Crippen LogP contribution in [-0.2, 0) is 9.59 Å². The van der Waals surface area contributed by atoms with Gasteiger partial charge in [-0.05, 0) is 24.1 Å². The SMILES string of the molecule is COc1ccc([C@H]2[C@H](C(=O)O)[C@@H]3C=CC=C[C@@H]3C(=O)N2CCCCl)cc1OC. The Labute approximate surface area is 169 Å². The molecule has 1 aromatic rings. The molecule has 0 bridgehead atoms. The van der Waals surface area contributed by atoms with Crippen LogP contribution in [0.2, 0.25) is 0 Å². The molecule has 3 rings (SSSR count). The van der Waals surface area contributed by atoms with Gasteiger partial charge in [0.15, 0.2) is 11.5 Å². The number of carbonyl (C=O) groups excluding carboxylic acids is 1. The van der Waals surface area contributed by atoms with Crippen molar-refractivity contribution in [1.82, 2.24) is 4.90 Å². The van der Waals surface area contributed by atoms with Gasteiger partial charge in [0, 0.05) is 18.3 Å². The summed E-state index contributed by atoms with van der Waals surface area (Å²) in [4.78, 5) is 27.2. The van der Waals surface area contributed by atoms with Gasteiger partial charge < -0.3 is 19.5 Å². The number of likely N-dealkylation sites (tertiary alicyclic amines) is 1. The molecule has 0 aromatic heterocycles. The van der Waals surface area contributed by atoms with E-state index in [1.165, 1.54) is 14.2 Å². The van der Waals surface area contributed by atoms with Crippen LogP contribution in [-0.4, -0.2) is 48.5 Å². The van der Waals surface area contributed by atoms with Crippen LogP contribution < -0.4 is 9.47 Å². The number of hydrogen-bond donors (Lipinski definition) is 1. The number of halogens is 1. The predicted octanol–water partition coefficient (Wildman–Crippen LogP) is 3.28. The topological polar surface area (TPSA) is 76.1 Å². The van der Waals surface area contributed by atoms with Gasteiger partial charge in [-0.3, -0.25) is 9.59 Å². The maximum Gasteiger partial charge on any atom is 0.309 e. The van der Waals surface area contributed by atoms with Gasteiger partial charge in [-0.1, -0.05) is 30.4 Å². The number of aliphatic carboxylic acids is 1. The quantitative estimate of drug-likeness (QED) is 0.704. The molecule has 1 heterocycles. The van der Waals surface area contributed by atoms with Crippen LogP contribution in [0.25, 0.3) is 0 Å². The van der Waals surface area contributed by atoms with E-state index in [-0.39, 0.29) is 5.91 Å². The molecule has 0 radical (unpaired) electrons. The number of carbonyl (C=O) groups is 2. The second kappa shape index (κ2) is 8.69. The Bertz CT molecular complexity index is 806. The van der Waals surface area contributed by atoms with E-state index in [0.29, 0.717) is 35.9 Å². The average molecular weight is 406 g/mol. The van der Waals surface area contributed by atoms with Gasteiger partial charge in [0.05, 0.1) is 32.1 Å². The number of amides is 1. The molecule has 28 heavy (non-hydrogen) atoms. The number of piperidine rings is 1. The van der Waals surface area contributed by atoms with Gasteiger partial charge in [-0.15, -0.1) is 11.6 Å². The molecule has 1 aromatic carbocycles. The van der Waals surface area contributed by atoms with Crippen molar-refractivity contribution < 1.29 is 24.2 Å². The largest absolute Gasteiger partial charge is 0.493 e. The number of ether oxygens (including phenoxy) is 2. The van der Waals surface area contributed by atoms with E-state index in [0.717, 1.165) is 0 Å². The highest BCUT2D eigenvalue weighted by atomic mass is 35.5. The van der Waals surface area contributed by atoms with Gasteiger partial charge >= 0.3 is 5.97 Å². The molecule has 0 spiro atoms. The molecule has 6 nitrogen and oxygen atoms in total. The predicted molar refractivity (Wildman–Crippen MR) is 106 cm³/mol. The summed E-state index contributed by atoms with van der Waals surface area (Å²) in [5, 5.41) is 10.1. The molecule has 4 atom stereocenters. The van der Waals surface area contributed by atoms with Crippen molar-refractivity contribution >= 4 is 23.5 Å². The van der Waals surface area contributed by atoms with Gasteiger partial charge in [-0.2, -0.15) is 0 Å². The highest BCUT2D eigenvalue weighted by molar-refractivity contribution is 6.17. The van der Waals surface area contributed by atoms with E-state index in [9.17, 15) is 14.7 Å². The van der Waals surface area contributed by atoms with Gasteiger partial charge in [0.2, 0.25) is 5.91 Å². The Morgan fingerprint density at radius 3 is 2.54 bits per heavy atom. The molecular weight excluding hydrogens is 382 g/mol. The molecule has 150 valence electrons. The van der Waals surface area contributed by atoms with Crippen LogP contribution in [0.4, 0.5) is 0 Å². The summed E-state index contributed by atoms with van der Waals surface area (Å²) in [6, 6.07) is 4.67. The standard InChI is InChI=1S/C21H24ClNO5/c1-27-16-9-8-13(12-17(16)28-2)19-18(21(25)26)14-6-3-4-7-15(14)20(24)23(19)11-5-10-22/h3-4,6-9,12,14-15,18-19H,5,10-11H2,1-2H3,(H,25,26)/t14-,15+,18-,19+/m1/s1. The maximum absolute atomic E-state index is 13.2. The number of nitrogens with zero attached hydrogens (tertiary/aromatic N) is 1. The lowest BCUT2D eigenvalue weighted by Crippen LogP contribution is -2.54. The number of benzene rings is 1. The lowest BCUT2D eigenvalue weighted by atomic mass is 9.69. The number of hydrogen-bond acceptors (Lipinski definition) is 4. The van der Waals surface area contributed by atoms with Crippen LogP contribution in [0.15, 0.2) is 42.5 Å². The third-order valence-corrected chi connectivity index (χ3v) is 5.67. The van der Waals surface area contributed by atoms with Crippen LogP contribution in [0, 0.1) is 17.8 Å². The van der Waals surface area contributed by atoms with Crippen molar-refractivity contribution in [3.05, 3.63) is 48.1 Å². The van der Waals surface area contributed by atoms with Crippen LogP contribution >= 0.6 is 11.6 Å². The first kappa shape index (κ1) is 20.3. The molecule has 1 aliphatic heterocycles. The van der Waals surface area contributed by atoms with Gasteiger partial charge in [-0.25, -0.2) is 0 Å². The van der Waals surface area contributed by atoms with Crippen molar-refractivity contribution in [2.45, 2.75) is 12.5 Å². The molecule has 2 aliphatic rings. The Hall–Kier alpha value is -2.47. The van der Waals surface area contributed by atoms with Crippen LogP contribution in [0.3, 0.4) is 0 Å². The van der Waals surface area contributed by atoms with E-state index in [1.807, 2.05) is 12.2 Å². The second-order valence-corrected chi connectivity index (χ2v) is 7.25. The summed E-state index contributed by atoms with van der Waals surface area (Å²) < 4.78 is 10.7. The molecule has 1 amide bonds. The third kappa shape index (κ3) is 3.61. The number of carboxylic acids is 1. The van der Waals surface area contributed by atoms with E-state index < -0.39 is 29.8 Å². The molecule has 0 unspecified atom stereocenters. The summed E-state index contributed by atoms with van der Waals surface area (Å²) in [6.07, 6.45) is 7.81. The van der Waals surface area contributed by atoms with Crippen molar-refractivity contribution in [1.29, 1.82) is 0 Å². The number of allylic oxidation sites excluding steroid dienone is 3. The summed E-state index contributed by atoms with van der Waals surface area (Å²) in [5.41, 5.74) is 0.703. The minimum Gasteiger partial charge on any atom is -0.493 e. The number of fused-ring (bicyclic) bond motifs is 1. The van der Waals surface area contributed by atoms with Crippen molar-refractivity contribution in [2.24, 2.45) is 17.8 Å². The lowest BCUT2D eigenvalue weighted by Gasteiger charge is -2.46. The van der Waals surface area contributed by atoms with E-state index in [1.54, 1.807) is 35.3 Å². The molecule has 1 aliphatic carbocycles. The fourth-order valence-electron chi connectivity index (χ4n) is 4.15. The molecular formula is C21H24ClNO5. The average Bonchev–Trinajstić information content (AvgIpc) is 2.72. The molecule has 1 fully saturated rings. The minimum absolute atomic E-state index is 0.0759. The number of rotatable bonds is 7. The number of carboxylic acid groups (broad SMARTS) is 1. The van der Waals surface area contributed by atoms with Gasteiger partial charge in [0.25, 0.3) is 0 Å². The van der Waals surface area contributed by atoms with Crippen molar-refractivity contribution in [3.8, 4) is 11.5 Å². The Morgan fingerprint density at radius 2 is 1.89 bits per heavy atom. The number of alkyl halides is 1. The smallest absolute Gasteiger partial charge is 0.309 e. The van der Waals surface area contributed by atoms with Crippen LogP contribution in [0.5, 0.6) is 11.5 Å². The highest BCUT2D eigenvalue weighted by Crippen LogP contribution is 2.46. The second-order valence-electron chi connectivity index (χ2n) is 6.87.